The van der Waals surface area contributed by atoms with Crippen LogP contribution in [0, 0.1) is 5.41 Å². The average molecular weight is 259 g/mol. The van der Waals surface area contributed by atoms with Gasteiger partial charge in [0.2, 0.25) is 5.91 Å². The molecule has 0 rings (SSSR count). The van der Waals surface area contributed by atoms with Gasteiger partial charge in [-0.05, 0) is 26.7 Å². The molecule has 0 aromatic heterocycles. The number of hydrogen-bond donors (Lipinski definition) is 2. The van der Waals surface area contributed by atoms with Gasteiger partial charge in [0.05, 0.1) is 18.1 Å². The van der Waals surface area contributed by atoms with Gasteiger partial charge in [0.1, 0.15) is 0 Å². The summed E-state index contributed by atoms with van der Waals surface area (Å²) in [6.45, 7) is 8.30. The number of nitrogens with one attached hydrogen (secondary N) is 1. The fourth-order valence-corrected chi connectivity index (χ4v) is 1.73. The van der Waals surface area contributed by atoms with Gasteiger partial charge in [-0.2, -0.15) is 0 Å². The number of aliphatic carboxylic acids is 1. The van der Waals surface area contributed by atoms with Crippen LogP contribution in [0.2, 0.25) is 0 Å². The molecule has 0 aromatic rings. The third kappa shape index (κ3) is 5.49. The molecule has 0 spiro atoms. The maximum absolute atomic E-state index is 11.7. The van der Waals surface area contributed by atoms with E-state index < -0.39 is 11.4 Å². The fraction of sp³-hybridized carbons (Fsp3) is 0.846. The minimum Gasteiger partial charge on any atom is -0.481 e. The highest BCUT2D eigenvalue weighted by Crippen LogP contribution is 2.30. The lowest BCUT2D eigenvalue weighted by atomic mass is 9.79. The largest absolute Gasteiger partial charge is 0.481 e. The lowest BCUT2D eigenvalue weighted by Crippen LogP contribution is -2.38. The summed E-state index contributed by atoms with van der Waals surface area (Å²) >= 11 is 0. The Morgan fingerprint density at radius 3 is 2.22 bits per heavy atom. The second kappa shape index (κ2) is 8.08. The fourth-order valence-electron chi connectivity index (χ4n) is 1.73. The molecule has 0 heterocycles. The van der Waals surface area contributed by atoms with Crippen molar-refractivity contribution in [1.29, 1.82) is 0 Å². The molecule has 1 amide bonds. The van der Waals surface area contributed by atoms with E-state index in [-0.39, 0.29) is 18.4 Å². The molecular weight excluding hydrogens is 234 g/mol. The molecular formula is C13H25NO4. The number of carbonyl (C=O) groups is 2. The van der Waals surface area contributed by atoms with Crippen LogP contribution in [0.25, 0.3) is 0 Å². The topological polar surface area (TPSA) is 75.6 Å². The minimum atomic E-state index is -0.941. The summed E-state index contributed by atoms with van der Waals surface area (Å²) in [4.78, 5) is 22.9. The SMILES string of the molecule is CCC(CC)(CC(=O)NCCOC(C)C)C(=O)O. The number of carboxylic acid groups (broad SMARTS) is 1. The van der Waals surface area contributed by atoms with Gasteiger partial charge >= 0.3 is 5.97 Å². The van der Waals surface area contributed by atoms with E-state index in [9.17, 15) is 14.7 Å². The Morgan fingerprint density at radius 2 is 1.83 bits per heavy atom. The van der Waals surface area contributed by atoms with Crippen molar-refractivity contribution in [3.05, 3.63) is 0 Å². The molecule has 18 heavy (non-hydrogen) atoms. The van der Waals surface area contributed by atoms with Gasteiger partial charge < -0.3 is 15.2 Å². The molecule has 0 aliphatic carbocycles. The van der Waals surface area contributed by atoms with Gasteiger partial charge in [-0.25, -0.2) is 0 Å². The molecule has 0 saturated carbocycles. The van der Waals surface area contributed by atoms with E-state index in [1.54, 1.807) is 13.8 Å². The third-order valence-electron chi connectivity index (χ3n) is 3.18. The van der Waals surface area contributed by atoms with E-state index in [1.165, 1.54) is 0 Å². The molecule has 0 atom stereocenters. The van der Waals surface area contributed by atoms with Crippen molar-refractivity contribution >= 4 is 11.9 Å². The highest BCUT2D eigenvalue weighted by Gasteiger charge is 2.36. The molecule has 0 aliphatic rings. The Balaban J connectivity index is 4.16. The normalized spacial score (nSPS) is 11.6. The zero-order valence-corrected chi connectivity index (χ0v) is 11.8. The molecule has 0 saturated heterocycles. The average Bonchev–Trinajstić information content (AvgIpc) is 2.31. The number of carboxylic acids is 1. The van der Waals surface area contributed by atoms with Crippen molar-refractivity contribution in [1.82, 2.24) is 5.32 Å². The summed E-state index contributed by atoms with van der Waals surface area (Å²) in [7, 11) is 0. The van der Waals surface area contributed by atoms with Crippen molar-refractivity contribution in [2.75, 3.05) is 13.2 Å². The zero-order valence-electron chi connectivity index (χ0n) is 11.8. The highest BCUT2D eigenvalue weighted by atomic mass is 16.5. The highest BCUT2D eigenvalue weighted by molar-refractivity contribution is 5.84. The zero-order chi connectivity index (χ0) is 14.2. The molecule has 0 unspecified atom stereocenters. The molecule has 0 aromatic carbocycles. The van der Waals surface area contributed by atoms with E-state index in [1.807, 2.05) is 13.8 Å². The Hall–Kier alpha value is -1.10. The molecule has 0 fully saturated rings. The Labute approximate surface area is 109 Å². The van der Waals surface area contributed by atoms with Crippen molar-refractivity contribution in [2.24, 2.45) is 5.41 Å². The molecule has 0 aliphatic heterocycles. The number of amides is 1. The molecule has 0 radical (unpaired) electrons. The van der Waals surface area contributed by atoms with Crippen molar-refractivity contribution < 1.29 is 19.4 Å². The number of ether oxygens (including phenoxy) is 1. The summed E-state index contributed by atoms with van der Waals surface area (Å²) in [5, 5.41) is 11.9. The molecule has 5 heteroatoms. The van der Waals surface area contributed by atoms with Crippen LogP contribution in [0.5, 0.6) is 0 Å². The maximum atomic E-state index is 11.7. The predicted molar refractivity (Wildman–Crippen MR) is 69.4 cm³/mol. The van der Waals surface area contributed by atoms with Crippen LogP contribution >= 0.6 is 0 Å². The summed E-state index contributed by atoms with van der Waals surface area (Å²) in [6, 6.07) is 0. The molecule has 106 valence electrons. The van der Waals surface area contributed by atoms with Crippen LogP contribution in [-0.2, 0) is 14.3 Å². The number of rotatable bonds is 9. The quantitative estimate of drug-likeness (QED) is 0.619. The lowest BCUT2D eigenvalue weighted by molar-refractivity contribution is -0.152. The van der Waals surface area contributed by atoms with E-state index in [0.29, 0.717) is 26.0 Å². The van der Waals surface area contributed by atoms with Crippen LogP contribution in [0.4, 0.5) is 0 Å². The Morgan fingerprint density at radius 1 is 1.28 bits per heavy atom. The van der Waals surface area contributed by atoms with Crippen LogP contribution in [0.15, 0.2) is 0 Å². The van der Waals surface area contributed by atoms with Crippen molar-refractivity contribution in [3.8, 4) is 0 Å². The van der Waals surface area contributed by atoms with Crippen molar-refractivity contribution in [3.63, 3.8) is 0 Å². The molecule has 5 nitrogen and oxygen atoms in total. The molecule has 0 bridgehead atoms. The monoisotopic (exact) mass is 259 g/mol. The van der Waals surface area contributed by atoms with E-state index >= 15 is 0 Å². The summed E-state index contributed by atoms with van der Waals surface area (Å²) in [5.41, 5.74) is -0.941. The van der Waals surface area contributed by atoms with Gasteiger partial charge in [0.15, 0.2) is 0 Å². The first-order chi connectivity index (χ1) is 8.38. The van der Waals surface area contributed by atoms with Crippen LogP contribution in [0.1, 0.15) is 47.0 Å². The van der Waals surface area contributed by atoms with Crippen LogP contribution in [0.3, 0.4) is 0 Å². The lowest BCUT2D eigenvalue weighted by Gasteiger charge is -2.25. The third-order valence-corrected chi connectivity index (χ3v) is 3.18. The second-order valence-corrected chi connectivity index (χ2v) is 4.74. The van der Waals surface area contributed by atoms with E-state index in [4.69, 9.17) is 4.74 Å². The first-order valence-electron chi connectivity index (χ1n) is 6.49. The van der Waals surface area contributed by atoms with Gasteiger partial charge in [-0.1, -0.05) is 13.8 Å². The van der Waals surface area contributed by atoms with Crippen LogP contribution in [-0.4, -0.2) is 36.2 Å². The number of carbonyl (C=O) groups excluding carboxylic acids is 1. The summed E-state index contributed by atoms with van der Waals surface area (Å²) in [5.74, 6) is -1.13. The Kier molecular flexibility index (Phi) is 7.59. The smallest absolute Gasteiger partial charge is 0.310 e. The second-order valence-electron chi connectivity index (χ2n) is 4.74. The first kappa shape index (κ1) is 16.9. The molecule has 2 N–H and O–H groups in total. The minimum absolute atomic E-state index is 0.0248. The summed E-state index contributed by atoms with van der Waals surface area (Å²) < 4.78 is 5.29. The van der Waals surface area contributed by atoms with Gasteiger partial charge in [0, 0.05) is 13.0 Å². The van der Waals surface area contributed by atoms with Gasteiger partial charge in [-0.15, -0.1) is 0 Å². The van der Waals surface area contributed by atoms with E-state index in [0.717, 1.165) is 0 Å². The predicted octanol–water partition coefficient (Wildman–Crippen LogP) is 1.81. The first-order valence-corrected chi connectivity index (χ1v) is 6.49. The van der Waals surface area contributed by atoms with Gasteiger partial charge in [0.25, 0.3) is 0 Å². The summed E-state index contributed by atoms with van der Waals surface area (Å²) in [6.07, 6.45) is 1.06. The Bertz CT molecular complexity index is 272. The maximum Gasteiger partial charge on any atom is 0.310 e. The van der Waals surface area contributed by atoms with E-state index in [2.05, 4.69) is 5.32 Å². The standard InChI is InChI=1S/C13H25NO4/c1-5-13(6-2,12(16)17)9-11(15)14-7-8-18-10(3)4/h10H,5-9H2,1-4H3,(H,14,15)(H,16,17). The van der Waals surface area contributed by atoms with Crippen LogP contribution < -0.4 is 5.32 Å². The van der Waals surface area contributed by atoms with Gasteiger partial charge in [-0.3, -0.25) is 9.59 Å². The van der Waals surface area contributed by atoms with Crippen molar-refractivity contribution in [2.45, 2.75) is 53.1 Å². The number of hydrogen-bond acceptors (Lipinski definition) is 3.